The number of benzene rings is 2. The van der Waals surface area contributed by atoms with Crippen LogP contribution < -0.4 is 15.8 Å². The molecule has 8 heteroatoms. The first-order chi connectivity index (χ1) is 13.0. The third-order valence-corrected chi connectivity index (χ3v) is 4.30. The molecule has 0 saturated heterocycles. The highest BCUT2D eigenvalue weighted by Gasteiger charge is 2.27. The normalized spacial score (nSPS) is 12.0. The minimum Gasteiger partial charge on any atom is -0.497 e. The zero-order valence-electron chi connectivity index (χ0n) is 14.9. The van der Waals surface area contributed by atoms with E-state index in [1.165, 1.54) is 7.11 Å². The minimum atomic E-state index is -1.71. The maximum absolute atomic E-state index is 12.4. The lowest BCUT2D eigenvalue weighted by Crippen LogP contribution is -2.48. The van der Waals surface area contributed by atoms with E-state index in [1.807, 2.05) is 24.3 Å². The van der Waals surface area contributed by atoms with Gasteiger partial charge in [0.05, 0.1) is 25.7 Å². The third-order valence-electron chi connectivity index (χ3n) is 4.30. The van der Waals surface area contributed by atoms with Crippen LogP contribution in [-0.2, 0) is 17.6 Å². The Kier molecular flexibility index (Phi) is 5.68. The maximum atomic E-state index is 12.4. The second-order valence-electron chi connectivity index (χ2n) is 6.34. The fourth-order valence-electron chi connectivity index (χ4n) is 3.01. The lowest BCUT2D eigenvalue weighted by atomic mass is 9.75. The van der Waals surface area contributed by atoms with Crippen molar-refractivity contribution >= 4 is 29.7 Å². The summed E-state index contributed by atoms with van der Waals surface area (Å²) in [4.78, 5) is 12.4. The Morgan fingerprint density at radius 1 is 1.30 bits per heavy atom. The first-order valence-electron chi connectivity index (χ1n) is 8.50. The van der Waals surface area contributed by atoms with Crippen molar-refractivity contribution in [1.82, 2.24) is 5.32 Å². The van der Waals surface area contributed by atoms with E-state index < -0.39 is 13.1 Å². The third kappa shape index (κ3) is 4.61. The van der Waals surface area contributed by atoms with Gasteiger partial charge in [-0.2, -0.15) is 0 Å². The lowest BCUT2D eigenvalue weighted by molar-refractivity contribution is -0.120. The summed E-state index contributed by atoms with van der Waals surface area (Å²) in [7, 11) is -0.190. The molecular formula is C19H21BN2O5. The maximum Gasteiger partial charge on any atom is 0.475 e. The molecule has 0 saturated carbocycles. The molecule has 2 aromatic carbocycles. The first-order valence-corrected chi connectivity index (χ1v) is 8.50. The first kappa shape index (κ1) is 18.8. The number of fused-ring (bicyclic) bond motifs is 1. The number of anilines is 1. The van der Waals surface area contributed by atoms with Crippen LogP contribution in [0.2, 0.25) is 0 Å². The van der Waals surface area contributed by atoms with Gasteiger partial charge < -0.3 is 30.3 Å². The molecule has 0 bridgehead atoms. The number of nitrogen functional groups attached to an aromatic ring is 1. The Bertz CT molecular complexity index is 941. The van der Waals surface area contributed by atoms with E-state index in [2.05, 4.69) is 5.32 Å². The molecule has 0 fully saturated rings. The molecule has 3 aromatic rings. The number of nitrogens with two attached hydrogens (primary N) is 1. The zero-order valence-corrected chi connectivity index (χ0v) is 14.9. The van der Waals surface area contributed by atoms with E-state index in [9.17, 15) is 14.8 Å². The molecular weight excluding hydrogens is 347 g/mol. The molecule has 3 rings (SSSR count). The van der Waals surface area contributed by atoms with Crippen LogP contribution in [0.1, 0.15) is 11.1 Å². The Morgan fingerprint density at radius 2 is 2.07 bits per heavy atom. The van der Waals surface area contributed by atoms with E-state index in [-0.39, 0.29) is 18.7 Å². The van der Waals surface area contributed by atoms with Gasteiger partial charge in [-0.05, 0) is 35.7 Å². The van der Waals surface area contributed by atoms with Crippen LogP contribution in [0.25, 0.3) is 11.0 Å². The van der Waals surface area contributed by atoms with Crippen molar-refractivity contribution in [2.45, 2.75) is 18.8 Å². The monoisotopic (exact) mass is 368 g/mol. The molecule has 1 atom stereocenters. The average Bonchev–Trinajstić information content (AvgIpc) is 3.03. The number of furan rings is 1. The summed E-state index contributed by atoms with van der Waals surface area (Å²) in [6.07, 6.45) is 1.83. The largest absolute Gasteiger partial charge is 0.497 e. The summed E-state index contributed by atoms with van der Waals surface area (Å²) < 4.78 is 10.6. The van der Waals surface area contributed by atoms with Gasteiger partial charge in [0, 0.05) is 17.1 Å². The lowest BCUT2D eigenvalue weighted by Gasteiger charge is -2.17. The summed E-state index contributed by atoms with van der Waals surface area (Å²) in [5, 5.41) is 22.9. The number of carbonyl (C=O) groups is 1. The average molecular weight is 368 g/mol. The number of hydrogen-bond donors (Lipinski definition) is 4. The van der Waals surface area contributed by atoms with Crippen molar-refractivity contribution in [1.29, 1.82) is 0 Å². The number of hydrogen-bond acceptors (Lipinski definition) is 6. The second kappa shape index (κ2) is 8.15. The SMILES string of the molecule is COc1cc(N)cc(CC(=O)NC(Cc2coc3ccccc23)B(O)O)c1. The number of amides is 1. The van der Waals surface area contributed by atoms with Gasteiger partial charge in [0.1, 0.15) is 11.3 Å². The molecule has 27 heavy (non-hydrogen) atoms. The molecule has 0 aliphatic rings. The fraction of sp³-hybridized carbons (Fsp3) is 0.211. The number of ether oxygens (including phenoxy) is 1. The van der Waals surface area contributed by atoms with Crippen molar-refractivity contribution < 1.29 is 24.0 Å². The molecule has 0 aliphatic carbocycles. The van der Waals surface area contributed by atoms with Gasteiger partial charge in [0.15, 0.2) is 0 Å². The summed E-state index contributed by atoms with van der Waals surface area (Å²) >= 11 is 0. The van der Waals surface area contributed by atoms with E-state index in [0.29, 0.717) is 22.6 Å². The second-order valence-corrected chi connectivity index (χ2v) is 6.34. The van der Waals surface area contributed by atoms with Crippen molar-refractivity contribution in [3.63, 3.8) is 0 Å². The Hall–Kier alpha value is -2.97. The van der Waals surface area contributed by atoms with E-state index in [4.69, 9.17) is 14.9 Å². The highest BCUT2D eigenvalue weighted by atomic mass is 16.5. The molecule has 0 radical (unpaired) electrons. The van der Waals surface area contributed by atoms with Crippen molar-refractivity contribution in [2.75, 3.05) is 12.8 Å². The highest BCUT2D eigenvalue weighted by Crippen LogP contribution is 2.22. The quantitative estimate of drug-likeness (QED) is 0.369. The molecule has 140 valence electrons. The van der Waals surface area contributed by atoms with Gasteiger partial charge in [-0.25, -0.2) is 0 Å². The van der Waals surface area contributed by atoms with Gasteiger partial charge in [-0.1, -0.05) is 18.2 Å². The molecule has 0 spiro atoms. The standard InChI is InChI=1S/C19H21BN2O5/c1-26-15-7-12(6-14(21)10-15)8-19(23)22-18(20(24)25)9-13-11-27-17-5-3-2-4-16(13)17/h2-7,10-11,18,24-25H,8-9,21H2,1H3,(H,22,23). The van der Waals surface area contributed by atoms with Crippen molar-refractivity contribution in [2.24, 2.45) is 0 Å². The van der Waals surface area contributed by atoms with E-state index >= 15 is 0 Å². The van der Waals surface area contributed by atoms with Crippen LogP contribution in [0.15, 0.2) is 53.1 Å². The van der Waals surface area contributed by atoms with Crippen molar-refractivity contribution in [3.8, 4) is 5.75 Å². The zero-order chi connectivity index (χ0) is 19.4. The summed E-state index contributed by atoms with van der Waals surface area (Å²) in [6, 6.07) is 12.5. The Labute approximate surface area is 156 Å². The topological polar surface area (TPSA) is 118 Å². The minimum absolute atomic E-state index is 0.0384. The number of carbonyl (C=O) groups excluding carboxylic acids is 1. The fourth-order valence-corrected chi connectivity index (χ4v) is 3.01. The molecule has 7 nitrogen and oxygen atoms in total. The van der Waals surface area contributed by atoms with Crippen LogP contribution >= 0.6 is 0 Å². The summed E-state index contributed by atoms with van der Waals surface area (Å²) in [5.74, 6) is -0.670. The molecule has 1 aromatic heterocycles. The van der Waals surface area contributed by atoms with Gasteiger partial charge in [-0.3, -0.25) is 4.79 Å². The smallest absolute Gasteiger partial charge is 0.475 e. The van der Waals surface area contributed by atoms with Gasteiger partial charge in [0.25, 0.3) is 0 Å². The molecule has 0 aliphatic heterocycles. The van der Waals surface area contributed by atoms with E-state index in [1.54, 1.807) is 24.5 Å². The summed E-state index contributed by atoms with van der Waals surface area (Å²) in [6.45, 7) is 0. The number of methoxy groups -OCH3 is 1. The molecule has 5 N–H and O–H groups in total. The van der Waals surface area contributed by atoms with Crippen LogP contribution in [0.3, 0.4) is 0 Å². The Morgan fingerprint density at radius 3 is 2.81 bits per heavy atom. The predicted octanol–water partition coefficient (Wildman–Crippen LogP) is 1.31. The number of para-hydroxylation sites is 1. The van der Waals surface area contributed by atoms with Gasteiger partial charge in [0.2, 0.25) is 5.91 Å². The number of rotatable bonds is 7. The van der Waals surface area contributed by atoms with Crippen LogP contribution in [0.5, 0.6) is 5.75 Å². The van der Waals surface area contributed by atoms with Crippen molar-refractivity contribution in [3.05, 3.63) is 59.9 Å². The highest BCUT2D eigenvalue weighted by molar-refractivity contribution is 6.43. The molecule has 1 heterocycles. The number of nitrogens with one attached hydrogen (secondary N) is 1. The van der Waals surface area contributed by atoms with Crippen LogP contribution in [-0.4, -0.2) is 36.1 Å². The van der Waals surface area contributed by atoms with Crippen LogP contribution in [0.4, 0.5) is 5.69 Å². The van der Waals surface area contributed by atoms with Gasteiger partial charge in [-0.15, -0.1) is 0 Å². The molecule has 1 unspecified atom stereocenters. The molecule has 1 amide bonds. The summed E-state index contributed by atoms with van der Waals surface area (Å²) in [5.41, 5.74) is 8.45. The van der Waals surface area contributed by atoms with Gasteiger partial charge >= 0.3 is 7.12 Å². The van der Waals surface area contributed by atoms with E-state index in [0.717, 1.165) is 10.9 Å². The Balaban J connectivity index is 1.71. The van der Waals surface area contributed by atoms with Crippen LogP contribution in [0, 0.1) is 0 Å². The predicted molar refractivity (Wildman–Crippen MR) is 103 cm³/mol.